The molecule has 0 unspecified atom stereocenters. The standard InChI is InChI=1S/C31H27NO6/c1-32-16-22(21-15-19(37-2)11-13-26(21)38-3)28(29(35)18-10-12-24(33)25(34)14-18)31(32)23-9-5-7-17-6-4-8-20(27(17)23)30(31)36/h4-15,22,28,33-34H,16H2,1-3H3/t22-,28-,31+/m1/s1. The van der Waals surface area contributed by atoms with Gasteiger partial charge in [0.15, 0.2) is 23.1 Å². The molecular weight excluding hydrogens is 482 g/mol. The van der Waals surface area contributed by atoms with Crippen LogP contribution in [0.4, 0.5) is 0 Å². The van der Waals surface area contributed by atoms with Gasteiger partial charge in [0.05, 0.1) is 20.1 Å². The summed E-state index contributed by atoms with van der Waals surface area (Å²) in [5, 5.41) is 21.9. The van der Waals surface area contributed by atoms with E-state index >= 15 is 0 Å². The van der Waals surface area contributed by atoms with Crippen LogP contribution in [0.2, 0.25) is 0 Å². The number of aromatic hydroxyl groups is 2. The number of hydrogen-bond acceptors (Lipinski definition) is 7. The largest absolute Gasteiger partial charge is 0.504 e. The fraction of sp³-hybridized carbons (Fsp3) is 0.226. The third-order valence-corrected chi connectivity index (χ3v) is 8.21. The van der Waals surface area contributed by atoms with Crippen molar-refractivity contribution in [3.63, 3.8) is 0 Å². The second-order valence-corrected chi connectivity index (χ2v) is 9.95. The Balaban J connectivity index is 1.64. The van der Waals surface area contributed by atoms with Crippen molar-refractivity contribution in [2.45, 2.75) is 11.5 Å². The summed E-state index contributed by atoms with van der Waals surface area (Å²) in [6, 6.07) is 21.0. The van der Waals surface area contributed by atoms with Crippen LogP contribution >= 0.6 is 0 Å². The molecule has 4 aromatic carbocycles. The van der Waals surface area contributed by atoms with E-state index in [2.05, 4.69) is 0 Å². The predicted molar refractivity (Wildman–Crippen MR) is 142 cm³/mol. The van der Waals surface area contributed by atoms with Crippen molar-refractivity contribution >= 4 is 22.3 Å². The topological polar surface area (TPSA) is 96.3 Å². The zero-order chi connectivity index (χ0) is 26.8. The van der Waals surface area contributed by atoms with Gasteiger partial charge < -0.3 is 19.7 Å². The Morgan fingerprint density at radius 2 is 1.71 bits per heavy atom. The molecule has 1 spiro atoms. The molecule has 1 aliphatic heterocycles. The van der Waals surface area contributed by atoms with Crippen LogP contribution in [0.5, 0.6) is 23.0 Å². The van der Waals surface area contributed by atoms with Gasteiger partial charge in [0.1, 0.15) is 17.0 Å². The molecule has 1 aliphatic carbocycles. The Morgan fingerprint density at radius 1 is 0.947 bits per heavy atom. The van der Waals surface area contributed by atoms with Gasteiger partial charge in [0, 0.05) is 29.2 Å². The van der Waals surface area contributed by atoms with Crippen molar-refractivity contribution in [3.8, 4) is 23.0 Å². The average molecular weight is 510 g/mol. The first kappa shape index (κ1) is 24.0. The molecule has 1 saturated heterocycles. The molecule has 192 valence electrons. The number of hydrogen-bond donors (Lipinski definition) is 2. The number of methoxy groups -OCH3 is 2. The van der Waals surface area contributed by atoms with Crippen molar-refractivity contribution in [1.29, 1.82) is 0 Å². The number of rotatable bonds is 5. The molecule has 6 rings (SSSR count). The third kappa shape index (κ3) is 3.12. The number of phenolic OH excluding ortho intramolecular Hbond substituents is 2. The Hall–Kier alpha value is -4.36. The summed E-state index contributed by atoms with van der Waals surface area (Å²) in [5.74, 6) is -1.25. The molecule has 1 heterocycles. The lowest BCUT2D eigenvalue weighted by molar-refractivity contribution is 0.0573. The molecule has 2 aliphatic rings. The first-order chi connectivity index (χ1) is 18.3. The van der Waals surface area contributed by atoms with Gasteiger partial charge in [-0.3, -0.25) is 14.5 Å². The van der Waals surface area contributed by atoms with Gasteiger partial charge in [-0.15, -0.1) is 0 Å². The van der Waals surface area contributed by atoms with E-state index in [0.717, 1.165) is 21.9 Å². The predicted octanol–water partition coefficient (Wildman–Crippen LogP) is 4.89. The number of likely N-dealkylation sites (tertiary alicyclic amines) is 1. The SMILES string of the molecule is COc1ccc(OC)c([C@H]2CN(C)[C@]3(C(=O)c4cccc5cccc3c45)[C@H]2C(=O)c2ccc(O)c(O)c2)c1. The molecule has 0 aromatic heterocycles. The molecule has 0 saturated carbocycles. The van der Waals surface area contributed by atoms with E-state index in [1.54, 1.807) is 26.4 Å². The molecule has 0 radical (unpaired) electrons. The summed E-state index contributed by atoms with van der Waals surface area (Å²) in [6.45, 7) is 0.403. The quantitative estimate of drug-likeness (QED) is 0.292. The van der Waals surface area contributed by atoms with Crippen LogP contribution in [0.25, 0.3) is 10.8 Å². The Labute approximate surface area is 219 Å². The van der Waals surface area contributed by atoms with Crippen molar-refractivity contribution in [2.24, 2.45) is 5.92 Å². The molecule has 7 heteroatoms. The van der Waals surface area contributed by atoms with E-state index in [4.69, 9.17) is 9.47 Å². The highest BCUT2D eigenvalue weighted by molar-refractivity contribution is 6.22. The number of ether oxygens (including phenoxy) is 2. The lowest BCUT2D eigenvalue weighted by atomic mass is 9.69. The average Bonchev–Trinajstić information content (AvgIpc) is 3.38. The van der Waals surface area contributed by atoms with Gasteiger partial charge >= 0.3 is 0 Å². The number of ketones is 2. The minimum absolute atomic E-state index is 0.127. The first-order valence-corrected chi connectivity index (χ1v) is 12.4. The zero-order valence-electron chi connectivity index (χ0n) is 21.3. The summed E-state index contributed by atoms with van der Waals surface area (Å²) >= 11 is 0. The summed E-state index contributed by atoms with van der Waals surface area (Å²) < 4.78 is 11.2. The molecule has 38 heavy (non-hydrogen) atoms. The van der Waals surface area contributed by atoms with E-state index in [1.165, 1.54) is 18.2 Å². The maximum absolute atomic E-state index is 14.5. The normalized spacial score (nSPS) is 22.3. The Kier molecular flexibility index (Phi) is 5.43. The molecule has 4 aromatic rings. The minimum Gasteiger partial charge on any atom is -0.504 e. The monoisotopic (exact) mass is 509 g/mol. The zero-order valence-corrected chi connectivity index (χ0v) is 21.3. The molecule has 0 bridgehead atoms. The Morgan fingerprint density at radius 3 is 2.42 bits per heavy atom. The highest BCUT2D eigenvalue weighted by atomic mass is 16.5. The van der Waals surface area contributed by atoms with Gasteiger partial charge in [0.2, 0.25) is 0 Å². The smallest absolute Gasteiger partial charge is 0.189 e. The molecule has 7 nitrogen and oxygen atoms in total. The second-order valence-electron chi connectivity index (χ2n) is 9.95. The van der Waals surface area contributed by atoms with Crippen LogP contribution in [-0.2, 0) is 5.54 Å². The maximum atomic E-state index is 14.5. The van der Waals surface area contributed by atoms with Gasteiger partial charge in [-0.1, -0.05) is 36.4 Å². The first-order valence-electron chi connectivity index (χ1n) is 12.4. The summed E-state index contributed by atoms with van der Waals surface area (Å²) in [4.78, 5) is 31.0. The van der Waals surface area contributed by atoms with Crippen molar-refractivity contribution in [2.75, 3.05) is 27.8 Å². The van der Waals surface area contributed by atoms with Gasteiger partial charge in [-0.2, -0.15) is 0 Å². The molecule has 1 fully saturated rings. The number of Topliss-reactive ketones (excluding diaryl/α,β-unsaturated/α-hetero) is 2. The number of benzene rings is 4. The number of fused-ring (bicyclic) bond motifs is 1. The molecular formula is C31H27NO6. The number of carbonyl (C=O) groups is 2. The van der Waals surface area contributed by atoms with Crippen molar-refractivity contribution in [3.05, 3.63) is 95.1 Å². The van der Waals surface area contributed by atoms with Gasteiger partial charge in [-0.05, 0) is 59.8 Å². The van der Waals surface area contributed by atoms with Crippen molar-refractivity contribution < 1.29 is 29.3 Å². The lowest BCUT2D eigenvalue weighted by Gasteiger charge is -2.37. The molecule has 3 atom stereocenters. The van der Waals surface area contributed by atoms with E-state index in [9.17, 15) is 19.8 Å². The van der Waals surface area contributed by atoms with E-state index in [1.807, 2.05) is 54.4 Å². The van der Waals surface area contributed by atoms with Gasteiger partial charge in [-0.25, -0.2) is 0 Å². The van der Waals surface area contributed by atoms with Crippen molar-refractivity contribution in [1.82, 2.24) is 4.90 Å². The maximum Gasteiger partial charge on any atom is 0.189 e. The highest BCUT2D eigenvalue weighted by Crippen LogP contribution is 2.58. The van der Waals surface area contributed by atoms with Crippen LogP contribution in [0, 0.1) is 5.92 Å². The number of carbonyl (C=O) groups excluding carboxylic acids is 2. The van der Waals surface area contributed by atoms with E-state index < -0.39 is 23.1 Å². The number of likely N-dealkylation sites (N-methyl/N-ethyl adjacent to an activating group) is 1. The molecule has 2 N–H and O–H groups in total. The van der Waals surface area contributed by atoms with Crippen LogP contribution in [-0.4, -0.2) is 54.5 Å². The van der Waals surface area contributed by atoms with Crippen LogP contribution in [0.3, 0.4) is 0 Å². The van der Waals surface area contributed by atoms with Gasteiger partial charge in [0.25, 0.3) is 0 Å². The second kappa shape index (κ2) is 8.60. The lowest BCUT2D eigenvalue weighted by Crippen LogP contribution is -2.50. The highest BCUT2D eigenvalue weighted by Gasteiger charge is 2.64. The summed E-state index contributed by atoms with van der Waals surface area (Å²) in [6.07, 6.45) is 0. The Bertz CT molecular complexity index is 1620. The summed E-state index contributed by atoms with van der Waals surface area (Å²) in [7, 11) is 5.03. The minimum atomic E-state index is -1.27. The van der Waals surface area contributed by atoms with Crippen LogP contribution in [0.1, 0.15) is 37.8 Å². The fourth-order valence-electron chi connectivity index (χ4n) is 6.57. The van der Waals surface area contributed by atoms with E-state index in [0.29, 0.717) is 23.6 Å². The number of nitrogens with zero attached hydrogens (tertiary/aromatic N) is 1. The van der Waals surface area contributed by atoms with Crippen LogP contribution < -0.4 is 9.47 Å². The number of phenols is 2. The fourth-order valence-corrected chi connectivity index (χ4v) is 6.57. The molecule has 0 amide bonds. The summed E-state index contributed by atoms with van der Waals surface area (Å²) in [5.41, 5.74) is 1.08. The van der Waals surface area contributed by atoms with E-state index in [-0.39, 0.29) is 22.9 Å². The third-order valence-electron chi connectivity index (χ3n) is 8.21. The van der Waals surface area contributed by atoms with Crippen LogP contribution in [0.15, 0.2) is 72.8 Å².